The minimum absolute atomic E-state index is 0.196. The highest BCUT2D eigenvalue weighted by molar-refractivity contribution is 5.90. The van der Waals surface area contributed by atoms with Gasteiger partial charge in [-0.2, -0.15) is 0 Å². The van der Waals surface area contributed by atoms with E-state index < -0.39 is 18.0 Å². The molecule has 0 spiro atoms. The van der Waals surface area contributed by atoms with Crippen LogP contribution in [0.1, 0.15) is 6.42 Å². The molecular weight excluding hydrogens is 196 g/mol. The lowest BCUT2D eigenvalue weighted by molar-refractivity contribution is -0.147. The van der Waals surface area contributed by atoms with Gasteiger partial charge in [-0.3, -0.25) is 9.59 Å². The molecule has 1 rings (SSSR count). The van der Waals surface area contributed by atoms with Gasteiger partial charge in [-0.05, 0) is 20.5 Å². The maximum Gasteiger partial charge on any atom is 0.241 e. The minimum Gasteiger partial charge on any atom is -0.368 e. The molecule has 0 aromatic carbocycles. The Labute approximate surface area is 89.2 Å². The third-order valence-electron chi connectivity index (χ3n) is 2.51. The van der Waals surface area contributed by atoms with Crippen LogP contribution in [0.3, 0.4) is 0 Å². The van der Waals surface area contributed by atoms with Crippen LogP contribution in [0.2, 0.25) is 0 Å². The number of likely N-dealkylation sites (tertiary alicyclic amines) is 1. The van der Waals surface area contributed by atoms with Crippen LogP contribution in [0.4, 0.5) is 0 Å². The average molecular weight is 214 g/mol. The topological polar surface area (TPSA) is 92.7 Å². The number of hydrogen-bond donors (Lipinski definition) is 2. The Kier molecular flexibility index (Phi) is 3.65. The van der Waals surface area contributed by atoms with Gasteiger partial charge in [0.05, 0.1) is 6.04 Å². The molecule has 6 heteroatoms. The molecule has 0 aliphatic carbocycles. The van der Waals surface area contributed by atoms with E-state index in [0.717, 1.165) is 0 Å². The molecule has 0 radical (unpaired) electrons. The van der Waals surface area contributed by atoms with Crippen LogP contribution < -0.4 is 11.5 Å². The Morgan fingerprint density at radius 1 is 1.53 bits per heavy atom. The maximum atomic E-state index is 11.7. The van der Waals surface area contributed by atoms with Crippen molar-refractivity contribution in [3.63, 3.8) is 0 Å². The number of primary amides is 1. The molecule has 6 nitrogen and oxygen atoms in total. The molecular formula is C9H18N4O2. The number of amides is 2. The number of rotatable bonds is 4. The minimum atomic E-state index is -0.581. The fraction of sp³-hybridized carbons (Fsp3) is 0.778. The summed E-state index contributed by atoms with van der Waals surface area (Å²) in [6.45, 7) is 1.05. The number of likely N-dealkylation sites (N-methyl/N-ethyl adjacent to an activating group) is 1. The van der Waals surface area contributed by atoms with Gasteiger partial charge in [0, 0.05) is 13.1 Å². The fourth-order valence-corrected chi connectivity index (χ4v) is 1.63. The van der Waals surface area contributed by atoms with Gasteiger partial charge in [-0.1, -0.05) is 0 Å². The van der Waals surface area contributed by atoms with E-state index in [4.69, 9.17) is 11.5 Å². The quantitative estimate of drug-likeness (QED) is 0.564. The second-order valence-corrected chi connectivity index (χ2v) is 4.11. The first-order valence-electron chi connectivity index (χ1n) is 4.93. The van der Waals surface area contributed by atoms with E-state index in [-0.39, 0.29) is 5.91 Å². The summed E-state index contributed by atoms with van der Waals surface area (Å²) in [7, 11) is 3.68. The van der Waals surface area contributed by atoms with Crippen LogP contribution in [-0.4, -0.2) is 60.9 Å². The van der Waals surface area contributed by atoms with Gasteiger partial charge in [0.25, 0.3) is 0 Å². The molecule has 15 heavy (non-hydrogen) atoms. The number of nitrogens with zero attached hydrogens (tertiary/aromatic N) is 2. The lowest BCUT2D eigenvalue weighted by Crippen LogP contribution is -2.62. The second kappa shape index (κ2) is 4.59. The van der Waals surface area contributed by atoms with Crippen LogP contribution in [0.25, 0.3) is 0 Å². The molecule has 1 aliphatic rings. The Morgan fingerprint density at radius 3 is 2.47 bits per heavy atom. The standard InChI is InChI=1S/C9H18N4O2/c1-12(2)5-6(10)9(15)13-4-3-7(13)8(11)14/h6-7H,3-5,10H2,1-2H3,(H2,11,14)/t6-,7?/m0/s1. The third kappa shape index (κ3) is 2.66. The maximum absolute atomic E-state index is 11.7. The van der Waals surface area contributed by atoms with E-state index in [1.807, 2.05) is 19.0 Å². The van der Waals surface area contributed by atoms with E-state index in [9.17, 15) is 9.59 Å². The molecule has 1 saturated heterocycles. The lowest BCUT2D eigenvalue weighted by atomic mass is 10.0. The Balaban J connectivity index is 2.50. The summed E-state index contributed by atoms with van der Waals surface area (Å²) in [5, 5.41) is 0. The van der Waals surface area contributed by atoms with Crippen LogP contribution in [-0.2, 0) is 9.59 Å². The van der Waals surface area contributed by atoms with Crippen molar-refractivity contribution in [1.82, 2.24) is 9.80 Å². The van der Waals surface area contributed by atoms with Crippen molar-refractivity contribution >= 4 is 11.8 Å². The van der Waals surface area contributed by atoms with Crippen molar-refractivity contribution < 1.29 is 9.59 Å². The normalized spacial score (nSPS) is 22.4. The molecule has 0 aromatic heterocycles. The van der Waals surface area contributed by atoms with Gasteiger partial charge in [0.15, 0.2) is 0 Å². The summed E-state index contributed by atoms with van der Waals surface area (Å²) in [6.07, 6.45) is 0.649. The van der Waals surface area contributed by atoms with Crippen LogP contribution >= 0.6 is 0 Å². The predicted octanol–water partition coefficient (Wildman–Crippen LogP) is -2.04. The van der Waals surface area contributed by atoms with Gasteiger partial charge in [0.2, 0.25) is 11.8 Å². The Hall–Kier alpha value is -1.14. The molecule has 86 valence electrons. The Bertz CT molecular complexity index is 267. The monoisotopic (exact) mass is 214 g/mol. The fourth-order valence-electron chi connectivity index (χ4n) is 1.63. The van der Waals surface area contributed by atoms with Crippen molar-refractivity contribution in [2.24, 2.45) is 11.5 Å². The Morgan fingerprint density at radius 2 is 2.13 bits per heavy atom. The van der Waals surface area contributed by atoms with E-state index in [0.29, 0.717) is 19.5 Å². The van der Waals surface area contributed by atoms with E-state index in [1.165, 1.54) is 4.90 Å². The molecule has 1 heterocycles. The zero-order valence-electron chi connectivity index (χ0n) is 9.14. The zero-order chi connectivity index (χ0) is 11.6. The third-order valence-corrected chi connectivity index (χ3v) is 2.51. The summed E-state index contributed by atoms with van der Waals surface area (Å²) in [6, 6.07) is -1.03. The molecule has 1 fully saturated rings. The van der Waals surface area contributed by atoms with Crippen molar-refractivity contribution in [3.8, 4) is 0 Å². The van der Waals surface area contributed by atoms with Crippen LogP contribution in [0.15, 0.2) is 0 Å². The molecule has 2 atom stereocenters. The first kappa shape index (κ1) is 11.9. The lowest BCUT2D eigenvalue weighted by Gasteiger charge is -2.40. The first-order chi connectivity index (χ1) is 6.93. The predicted molar refractivity (Wildman–Crippen MR) is 55.8 cm³/mol. The summed E-state index contributed by atoms with van der Waals surface area (Å²) in [4.78, 5) is 26.0. The van der Waals surface area contributed by atoms with Gasteiger partial charge in [-0.15, -0.1) is 0 Å². The SMILES string of the molecule is CN(C)C[C@H](N)C(=O)N1CCC1C(N)=O. The summed E-state index contributed by atoms with van der Waals surface area (Å²) in [5.41, 5.74) is 10.8. The molecule has 0 aromatic rings. The van der Waals surface area contributed by atoms with Crippen LogP contribution in [0, 0.1) is 0 Å². The van der Waals surface area contributed by atoms with Gasteiger partial charge in [-0.25, -0.2) is 0 Å². The number of carbonyl (C=O) groups is 2. The van der Waals surface area contributed by atoms with Crippen molar-refractivity contribution in [1.29, 1.82) is 0 Å². The second-order valence-electron chi connectivity index (χ2n) is 4.11. The highest BCUT2D eigenvalue weighted by atomic mass is 16.2. The highest BCUT2D eigenvalue weighted by Gasteiger charge is 2.38. The zero-order valence-corrected chi connectivity index (χ0v) is 9.14. The average Bonchev–Trinajstić information content (AvgIpc) is 1.99. The molecule has 0 saturated carbocycles. The summed E-state index contributed by atoms with van der Waals surface area (Å²) < 4.78 is 0. The molecule has 1 unspecified atom stereocenters. The summed E-state index contributed by atoms with van der Waals surface area (Å²) in [5.74, 6) is -0.648. The van der Waals surface area contributed by atoms with Gasteiger partial charge in [0.1, 0.15) is 6.04 Å². The van der Waals surface area contributed by atoms with E-state index >= 15 is 0 Å². The number of carbonyl (C=O) groups excluding carboxylic acids is 2. The molecule has 0 bridgehead atoms. The van der Waals surface area contributed by atoms with Crippen molar-refractivity contribution in [2.75, 3.05) is 27.2 Å². The first-order valence-corrected chi connectivity index (χ1v) is 4.93. The van der Waals surface area contributed by atoms with Gasteiger partial charge < -0.3 is 21.3 Å². The van der Waals surface area contributed by atoms with Crippen LogP contribution in [0.5, 0.6) is 0 Å². The molecule has 2 amide bonds. The smallest absolute Gasteiger partial charge is 0.241 e. The van der Waals surface area contributed by atoms with E-state index in [1.54, 1.807) is 0 Å². The number of nitrogens with two attached hydrogens (primary N) is 2. The van der Waals surface area contributed by atoms with E-state index in [2.05, 4.69) is 0 Å². The highest BCUT2D eigenvalue weighted by Crippen LogP contribution is 2.17. The van der Waals surface area contributed by atoms with Gasteiger partial charge >= 0.3 is 0 Å². The molecule has 4 N–H and O–H groups in total. The van der Waals surface area contributed by atoms with Crippen molar-refractivity contribution in [3.05, 3.63) is 0 Å². The summed E-state index contributed by atoms with van der Waals surface area (Å²) >= 11 is 0. The van der Waals surface area contributed by atoms with Crippen molar-refractivity contribution in [2.45, 2.75) is 18.5 Å². The largest absolute Gasteiger partial charge is 0.368 e. The number of hydrogen-bond acceptors (Lipinski definition) is 4. The molecule has 1 aliphatic heterocycles.